The molecule has 1 unspecified atom stereocenters. The minimum atomic E-state index is -0.875. The summed E-state index contributed by atoms with van der Waals surface area (Å²) in [7, 11) is 0. The van der Waals surface area contributed by atoms with Gasteiger partial charge in [0, 0.05) is 5.92 Å². The molecule has 1 atom stereocenters. The number of nitrogens with zero attached hydrogens (tertiary/aromatic N) is 1. The Morgan fingerprint density at radius 1 is 1.03 bits per heavy atom. The molecule has 5 heteroatoms. The Morgan fingerprint density at radius 3 is 2.30 bits per heavy atom. The van der Waals surface area contributed by atoms with E-state index in [1.165, 1.54) is 22.3 Å². The number of hydrogen-bond donors (Lipinski definition) is 1. The van der Waals surface area contributed by atoms with Crippen molar-refractivity contribution in [2.24, 2.45) is 0 Å². The van der Waals surface area contributed by atoms with Crippen LogP contribution in [-0.4, -0.2) is 36.6 Å². The predicted molar refractivity (Wildman–Crippen MR) is 115 cm³/mol. The minimum Gasteiger partial charge on any atom is -0.481 e. The number of fused-ring (bicyclic) bond motifs is 4. The Morgan fingerprint density at radius 2 is 1.63 bits per heavy atom. The predicted octanol–water partition coefficient (Wildman–Crippen LogP) is 4.59. The normalized spacial score (nSPS) is 19.5. The van der Waals surface area contributed by atoms with Gasteiger partial charge in [-0.05, 0) is 41.3 Å². The zero-order valence-corrected chi connectivity index (χ0v) is 16.7. The van der Waals surface area contributed by atoms with E-state index in [4.69, 9.17) is 9.47 Å². The molecule has 0 spiro atoms. The first kappa shape index (κ1) is 18.7. The zero-order valence-electron chi connectivity index (χ0n) is 16.7. The number of aliphatic hydroxyl groups excluding tert-OH is 1. The topological polar surface area (TPSA) is 59.0 Å². The fourth-order valence-electron chi connectivity index (χ4n) is 4.40. The van der Waals surface area contributed by atoms with E-state index in [0.717, 1.165) is 0 Å². The maximum Gasteiger partial charge on any atom is 0.414 e. The van der Waals surface area contributed by atoms with Gasteiger partial charge in [-0.15, -0.1) is 0 Å². The van der Waals surface area contributed by atoms with Crippen LogP contribution in [-0.2, 0) is 4.74 Å². The highest BCUT2D eigenvalue weighted by Crippen LogP contribution is 2.45. The second-order valence-corrected chi connectivity index (χ2v) is 8.07. The first-order chi connectivity index (χ1) is 14.6. The van der Waals surface area contributed by atoms with Crippen molar-refractivity contribution in [2.45, 2.75) is 18.4 Å². The summed E-state index contributed by atoms with van der Waals surface area (Å²) in [6.45, 7) is 2.06. The quantitative estimate of drug-likeness (QED) is 0.698. The molecule has 30 heavy (non-hydrogen) atoms. The summed E-state index contributed by atoms with van der Waals surface area (Å²) < 4.78 is 11.7. The molecule has 2 aliphatic rings. The van der Waals surface area contributed by atoms with E-state index in [-0.39, 0.29) is 25.7 Å². The molecule has 0 bridgehead atoms. The van der Waals surface area contributed by atoms with E-state index in [0.29, 0.717) is 11.4 Å². The first-order valence-corrected chi connectivity index (χ1v) is 10.1. The molecule has 0 fully saturated rings. The molecule has 1 aliphatic carbocycles. The highest BCUT2D eigenvalue weighted by Gasteiger charge is 2.39. The molecular weight excluding hydrogens is 378 g/mol. The molecule has 3 aromatic carbocycles. The molecule has 152 valence electrons. The lowest BCUT2D eigenvalue weighted by atomic mass is 9.98. The van der Waals surface area contributed by atoms with Crippen molar-refractivity contribution in [3.63, 3.8) is 0 Å². The van der Waals surface area contributed by atoms with Crippen LogP contribution < -0.4 is 9.64 Å². The number of carbonyl (C=O) groups is 1. The number of aliphatic hydroxyl groups is 1. The van der Waals surface area contributed by atoms with Gasteiger partial charge in [-0.25, -0.2) is 4.79 Å². The number of anilines is 1. The van der Waals surface area contributed by atoms with Crippen LogP contribution in [0.25, 0.3) is 11.1 Å². The number of rotatable bonds is 3. The number of ether oxygens (including phenoxy) is 2. The van der Waals surface area contributed by atoms with Gasteiger partial charge in [-0.3, -0.25) is 4.90 Å². The van der Waals surface area contributed by atoms with Crippen LogP contribution >= 0.6 is 0 Å². The van der Waals surface area contributed by atoms with Gasteiger partial charge in [0.05, 0.1) is 18.8 Å². The van der Waals surface area contributed by atoms with Crippen molar-refractivity contribution >= 4 is 11.8 Å². The summed E-state index contributed by atoms with van der Waals surface area (Å²) in [5.41, 5.74) is 4.51. The number of amides is 1. The third kappa shape index (κ3) is 3.02. The van der Waals surface area contributed by atoms with Crippen molar-refractivity contribution in [3.8, 4) is 16.9 Å². The molecule has 0 saturated carbocycles. The first-order valence-electron chi connectivity index (χ1n) is 10.1. The molecule has 0 aromatic heterocycles. The molecule has 5 nitrogen and oxygen atoms in total. The lowest BCUT2D eigenvalue weighted by Gasteiger charge is -2.40. The van der Waals surface area contributed by atoms with Crippen LogP contribution in [0.2, 0.25) is 0 Å². The van der Waals surface area contributed by atoms with Gasteiger partial charge in [0.15, 0.2) is 0 Å². The SMILES string of the molecule is CC1(CO)CN(C(=O)OCC2c3ccccc3-c3ccccc32)c2ccccc2O1. The fourth-order valence-corrected chi connectivity index (χ4v) is 4.40. The fraction of sp³-hybridized carbons (Fsp3) is 0.240. The molecule has 5 rings (SSSR count). The Hall–Kier alpha value is -3.31. The molecule has 1 heterocycles. The largest absolute Gasteiger partial charge is 0.481 e. The highest BCUT2D eigenvalue weighted by atomic mass is 16.6. The van der Waals surface area contributed by atoms with Crippen molar-refractivity contribution in [1.29, 1.82) is 0 Å². The Balaban J connectivity index is 1.41. The van der Waals surface area contributed by atoms with E-state index >= 15 is 0 Å². The molecule has 0 radical (unpaired) electrons. The van der Waals surface area contributed by atoms with Crippen LogP contribution in [0.15, 0.2) is 72.8 Å². The number of carbonyl (C=O) groups excluding carboxylic acids is 1. The Kier molecular flexibility index (Phi) is 4.48. The summed E-state index contributed by atoms with van der Waals surface area (Å²) in [4.78, 5) is 14.7. The minimum absolute atomic E-state index is 0.00172. The monoisotopic (exact) mass is 401 g/mol. The van der Waals surface area contributed by atoms with Crippen LogP contribution in [0.1, 0.15) is 24.0 Å². The standard InChI is InChI=1S/C25H23NO4/c1-25(16-27)15-26(22-12-6-7-13-23(22)30-25)24(28)29-14-21-19-10-4-2-8-17(19)18-9-3-5-11-20(18)21/h2-13,21,27H,14-16H2,1H3. The average Bonchev–Trinajstić information content (AvgIpc) is 3.11. The third-order valence-electron chi connectivity index (χ3n) is 5.90. The van der Waals surface area contributed by atoms with E-state index < -0.39 is 11.7 Å². The third-order valence-corrected chi connectivity index (χ3v) is 5.90. The Labute approximate surface area is 175 Å². The van der Waals surface area contributed by atoms with Gasteiger partial charge in [0.2, 0.25) is 0 Å². The van der Waals surface area contributed by atoms with Gasteiger partial charge in [-0.2, -0.15) is 0 Å². The van der Waals surface area contributed by atoms with Gasteiger partial charge in [0.1, 0.15) is 18.0 Å². The lowest BCUT2D eigenvalue weighted by Crippen LogP contribution is -2.53. The second-order valence-electron chi connectivity index (χ2n) is 8.07. The zero-order chi connectivity index (χ0) is 20.7. The van der Waals surface area contributed by atoms with Gasteiger partial charge < -0.3 is 14.6 Å². The van der Waals surface area contributed by atoms with Crippen molar-refractivity contribution in [3.05, 3.63) is 83.9 Å². The highest BCUT2D eigenvalue weighted by molar-refractivity contribution is 5.90. The summed E-state index contributed by atoms with van der Waals surface area (Å²) in [6.07, 6.45) is -0.438. The molecular formula is C25H23NO4. The maximum absolute atomic E-state index is 13.1. The summed E-state index contributed by atoms with van der Waals surface area (Å²) in [5, 5.41) is 9.79. The van der Waals surface area contributed by atoms with Crippen molar-refractivity contribution < 1.29 is 19.4 Å². The van der Waals surface area contributed by atoms with E-state index in [1.807, 2.05) is 42.5 Å². The van der Waals surface area contributed by atoms with Crippen LogP contribution in [0.4, 0.5) is 10.5 Å². The maximum atomic E-state index is 13.1. The van der Waals surface area contributed by atoms with Crippen LogP contribution in [0, 0.1) is 0 Å². The average molecular weight is 401 g/mol. The van der Waals surface area contributed by atoms with Crippen molar-refractivity contribution in [2.75, 3.05) is 24.7 Å². The molecule has 3 aromatic rings. The molecule has 1 amide bonds. The molecule has 1 aliphatic heterocycles. The number of para-hydroxylation sites is 2. The van der Waals surface area contributed by atoms with E-state index in [1.54, 1.807) is 17.9 Å². The van der Waals surface area contributed by atoms with Gasteiger partial charge >= 0.3 is 6.09 Å². The Bertz CT molecular complexity index is 1070. The molecule has 0 saturated heterocycles. The van der Waals surface area contributed by atoms with Gasteiger partial charge in [-0.1, -0.05) is 60.7 Å². The van der Waals surface area contributed by atoms with Gasteiger partial charge in [0.25, 0.3) is 0 Å². The second kappa shape index (κ2) is 7.18. The number of hydrogen-bond acceptors (Lipinski definition) is 4. The summed E-state index contributed by atoms with van der Waals surface area (Å²) in [6, 6.07) is 23.8. The van der Waals surface area contributed by atoms with E-state index in [2.05, 4.69) is 24.3 Å². The molecule has 1 N–H and O–H groups in total. The smallest absolute Gasteiger partial charge is 0.414 e. The lowest BCUT2D eigenvalue weighted by molar-refractivity contribution is 0.0228. The number of benzene rings is 3. The summed E-state index contributed by atoms with van der Waals surface area (Å²) in [5.74, 6) is 0.565. The summed E-state index contributed by atoms with van der Waals surface area (Å²) >= 11 is 0. The van der Waals surface area contributed by atoms with Crippen LogP contribution in [0.5, 0.6) is 5.75 Å². The van der Waals surface area contributed by atoms with E-state index in [9.17, 15) is 9.90 Å². The van der Waals surface area contributed by atoms with Crippen molar-refractivity contribution in [1.82, 2.24) is 0 Å². The van der Waals surface area contributed by atoms with Crippen LogP contribution in [0.3, 0.4) is 0 Å².